The van der Waals surface area contributed by atoms with Crippen LogP contribution in [0.5, 0.6) is 5.75 Å². The van der Waals surface area contributed by atoms with Gasteiger partial charge in [-0.05, 0) is 69.3 Å². The molecule has 4 aromatic rings. The van der Waals surface area contributed by atoms with Crippen molar-refractivity contribution in [3.8, 4) is 5.75 Å². The molecule has 7 heteroatoms. The second-order valence-electron chi connectivity index (χ2n) is 8.57. The third-order valence-corrected chi connectivity index (χ3v) is 6.36. The first-order valence-electron chi connectivity index (χ1n) is 11.1. The maximum absolute atomic E-state index is 12.7. The predicted molar refractivity (Wildman–Crippen MR) is 134 cm³/mol. The van der Waals surface area contributed by atoms with Crippen molar-refractivity contribution in [2.24, 2.45) is 0 Å². The number of nitrogens with zero attached hydrogens (tertiary/aromatic N) is 2. The molecule has 2 N–H and O–H groups in total. The van der Waals surface area contributed by atoms with Crippen molar-refractivity contribution in [2.45, 2.75) is 40.0 Å². The maximum Gasteiger partial charge on any atom is 0.251 e. The normalized spacial score (nSPS) is 12.3. The van der Waals surface area contributed by atoms with Crippen molar-refractivity contribution in [2.75, 3.05) is 13.6 Å². The molecule has 0 aliphatic carbocycles. The van der Waals surface area contributed by atoms with E-state index in [-0.39, 0.29) is 12.0 Å². The van der Waals surface area contributed by atoms with Gasteiger partial charge in [0, 0.05) is 40.6 Å². The van der Waals surface area contributed by atoms with Crippen molar-refractivity contribution in [3.05, 3.63) is 81.4 Å². The van der Waals surface area contributed by atoms with Gasteiger partial charge in [-0.3, -0.25) is 9.69 Å². The lowest BCUT2D eigenvalue weighted by Gasteiger charge is -2.18. The average molecular weight is 463 g/mol. The van der Waals surface area contributed by atoms with Gasteiger partial charge in [-0.2, -0.15) is 0 Å². The van der Waals surface area contributed by atoms with Gasteiger partial charge in [0.1, 0.15) is 11.9 Å². The zero-order chi connectivity index (χ0) is 23.4. The van der Waals surface area contributed by atoms with Gasteiger partial charge in [0.05, 0.1) is 17.7 Å². The van der Waals surface area contributed by atoms with E-state index in [1.807, 2.05) is 49.7 Å². The Kier molecular flexibility index (Phi) is 7.11. The number of hydrogen-bond donors (Lipinski definition) is 2. The van der Waals surface area contributed by atoms with Crippen LogP contribution in [-0.4, -0.2) is 40.5 Å². The molecular formula is C26H30N4O2S. The number of hydrogen-bond acceptors (Lipinski definition) is 5. The number of benzene rings is 2. The number of ether oxygens (including phenoxy) is 1. The summed E-state index contributed by atoms with van der Waals surface area (Å²) >= 11 is 1.61. The monoisotopic (exact) mass is 462 g/mol. The highest BCUT2D eigenvalue weighted by atomic mass is 32.1. The summed E-state index contributed by atoms with van der Waals surface area (Å²) < 4.78 is 6.07. The molecular weight excluding hydrogens is 432 g/mol. The Labute approximate surface area is 198 Å². The van der Waals surface area contributed by atoms with E-state index in [2.05, 4.69) is 51.7 Å². The van der Waals surface area contributed by atoms with Crippen LogP contribution < -0.4 is 10.1 Å². The van der Waals surface area contributed by atoms with Crippen LogP contribution in [0.25, 0.3) is 10.9 Å². The molecule has 0 bridgehead atoms. The Hall–Kier alpha value is -3.16. The SMILES string of the molecule is Cc1[nH]c2ccc(C(=O)NCC(C)Oc3cccc(CN(C)Cc4cscn4)c3)cc2c1C. The number of carbonyl (C=O) groups is 1. The van der Waals surface area contributed by atoms with Crippen LogP contribution >= 0.6 is 11.3 Å². The number of carbonyl (C=O) groups excluding carboxylic acids is 1. The molecule has 0 fully saturated rings. The van der Waals surface area contributed by atoms with Crippen molar-refractivity contribution in [3.63, 3.8) is 0 Å². The number of thiazole rings is 1. The summed E-state index contributed by atoms with van der Waals surface area (Å²) in [5.74, 6) is 0.708. The molecule has 2 heterocycles. The highest BCUT2D eigenvalue weighted by Crippen LogP contribution is 2.22. The van der Waals surface area contributed by atoms with Crippen molar-refractivity contribution in [1.82, 2.24) is 20.2 Å². The summed E-state index contributed by atoms with van der Waals surface area (Å²) in [4.78, 5) is 22.6. The number of aromatic amines is 1. The number of aromatic nitrogens is 2. The Bertz CT molecular complexity index is 1230. The smallest absolute Gasteiger partial charge is 0.251 e. The van der Waals surface area contributed by atoms with Gasteiger partial charge in [0.25, 0.3) is 5.91 Å². The molecule has 0 aliphatic heterocycles. The van der Waals surface area contributed by atoms with Crippen molar-refractivity contribution in [1.29, 1.82) is 0 Å². The highest BCUT2D eigenvalue weighted by molar-refractivity contribution is 7.07. The second kappa shape index (κ2) is 10.2. The fraction of sp³-hybridized carbons (Fsp3) is 0.308. The molecule has 1 unspecified atom stereocenters. The third kappa shape index (κ3) is 5.80. The molecule has 1 atom stereocenters. The lowest BCUT2D eigenvalue weighted by Crippen LogP contribution is -2.33. The standard InChI is InChI=1S/C26H30N4O2S/c1-17(12-27-26(31)21-8-9-25-24(11-21)18(2)19(3)29-25)32-23-7-5-6-20(10-23)13-30(4)14-22-15-33-16-28-22/h5-11,15-17,29H,12-14H2,1-4H3,(H,27,31). The summed E-state index contributed by atoms with van der Waals surface area (Å²) in [5, 5.41) is 6.15. The summed E-state index contributed by atoms with van der Waals surface area (Å²) in [5.41, 5.74) is 8.12. The number of amides is 1. The molecule has 0 saturated heterocycles. The minimum atomic E-state index is -0.156. The van der Waals surface area contributed by atoms with Gasteiger partial charge in [-0.25, -0.2) is 4.98 Å². The van der Waals surface area contributed by atoms with Crippen LogP contribution in [0.1, 0.15) is 39.8 Å². The molecule has 2 aromatic heterocycles. The van der Waals surface area contributed by atoms with Crippen LogP contribution in [-0.2, 0) is 13.1 Å². The maximum atomic E-state index is 12.7. The van der Waals surface area contributed by atoms with Crippen molar-refractivity contribution < 1.29 is 9.53 Å². The van der Waals surface area contributed by atoms with E-state index < -0.39 is 0 Å². The molecule has 6 nitrogen and oxygen atoms in total. The number of rotatable bonds is 9. The summed E-state index contributed by atoms with van der Waals surface area (Å²) in [6.45, 7) is 8.11. The predicted octanol–water partition coefficient (Wildman–Crippen LogP) is 5.07. The number of aryl methyl sites for hydroxylation is 2. The van der Waals surface area contributed by atoms with Gasteiger partial charge in [-0.1, -0.05) is 12.1 Å². The fourth-order valence-corrected chi connectivity index (χ4v) is 4.44. The zero-order valence-electron chi connectivity index (χ0n) is 19.5. The second-order valence-corrected chi connectivity index (χ2v) is 9.29. The topological polar surface area (TPSA) is 70.2 Å². The molecule has 0 spiro atoms. The Morgan fingerprint density at radius 2 is 2.06 bits per heavy atom. The van der Waals surface area contributed by atoms with Gasteiger partial charge in [0.15, 0.2) is 0 Å². The first-order valence-corrected chi connectivity index (χ1v) is 12.0. The van der Waals surface area contributed by atoms with E-state index in [1.165, 1.54) is 11.1 Å². The lowest BCUT2D eigenvalue weighted by atomic mass is 10.1. The van der Waals surface area contributed by atoms with E-state index in [9.17, 15) is 4.79 Å². The first-order chi connectivity index (χ1) is 15.9. The number of H-pyrrole nitrogens is 1. The minimum absolute atomic E-state index is 0.0944. The van der Waals surface area contributed by atoms with Gasteiger partial charge < -0.3 is 15.0 Å². The Morgan fingerprint density at radius 1 is 1.21 bits per heavy atom. The van der Waals surface area contributed by atoms with Crippen LogP contribution in [0.15, 0.2) is 53.4 Å². The van der Waals surface area contributed by atoms with Crippen LogP contribution in [0.2, 0.25) is 0 Å². The van der Waals surface area contributed by atoms with Crippen molar-refractivity contribution >= 4 is 28.1 Å². The fourth-order valence-electron chi connectivity index (χ4n) is 3.89. The van der Waals surface area contributed by atoms with Gasteiger partial charge >= 0.3 is 0 Å². The van der Waals surface area contributed by atoms with Gasteiger partial charge in [0.2, 0.25) is 0 Å². The van der Waals surface area contributed by atoms with E-state index >= 15 is 0 Å². The quantitative estimate of drug-likeness (QED) is 0.364. The molecule has 4 rings (SSSR count). The first kappa shape index (κ1) is 23.0. The number of fused-ring (bicyclic) bond motifs is 1. The third-order valence-electron chi connectivity index (χ3n) is 5.72. The van der Waals surface area contributed by atoms with E-state index in [0.717, 1.165) is 41.1 Å². The molecule has 33 heavy (non-hydrogen) atoms. The van der Waals surface area contributed by atoms with E-state index in [1.54, 1.807) is 11.3 Å². The highest BCUT2D eigenvalue weighted by Gasteiger charge is 2.12. The van der Waals surface area contributed by atoms with E-state index in [4.69, 9.17) is 4.74 Å². The summed E-state index contributed by atoms with van der Waals surface area (Å²) in [6, 6.07) is 13.9. The molecule has 0 radical (unpaired) electrons. The molecule has 2 aromatic carbocycles. The number of nitrogens with one attached hydrogen (secondary N) is 2. The van der Waals surface area contributed by atoms with E-state index in [0.29, 0.717) is 12.1 Å². The Balaban J connectivity index is 1.30. The summed E-state index contributed by atoms with van der Waals surface area (Å²) in [7, 11) is 2.08. The molecule has 0 saturated carbocycles. The van der Waals surface area contributed by atoms with Crippen LogP contribution in [0, 0.1) is 13.8 Å². The molecule has 172 valence electrons. The van der Waals surface area contributed by atoms with Gasteiger partial charge in [-0.15, -0.1) is 11.3 Å². The summed E-state index contributed by atoms with van der Waals surface area (Å²) in [6.07, 6.45) is -0.156. The lowest BCUT2D eigenvalue weighted by molar-refractivity contribution is 0.0932. The average Bonchev–Trinajstić information content (AvgIpc) is 3.39. The molecule has 0 aliphatic rings. The zero-order valence-corrected chi connectivity index (χ0v) is 20.3. The minimum Gasteiger partial charge on any atom is -0.489 e. The van der Waals surface area contributed by atoms with Crippen LogP contribution in [0.4, 0.5) is 0 Å². The van der Waals surface area contributed by atoms with Crippen LogP contribution in [0.3, 0.4) is 0 Å². The largest absolute Gasteiger partial charge is 0.489 e. The molecule has 1 amide bonds. The Morgan fingerprint density at radius 3 is 2.85 bits per heavy atom.